The lowest BCUT2D eigenvalue weighted by Gasteiger charge is -2.22. The van der Waals surface area contributed by atoms with Gasteiger partial charge >= 0.3 is 5.97 Å². The molecule has 4 nitrogen and oxygen atoms in total. The van der Waals surface area contributed by atoms with Crippen LogP contribution in [0.15, 0.2) is 46.9 Å². The van der Waals surface area contributed by atoms with Gasteiger partial charge in [-0.1, -0.05) is 34.1 Å². The summed E-state index contributed by atoms with van der Waals surface area (Å²) >= 11 is 3.17. The summed E-state index contributed by atoms with van der Waals surface area (Å²) in [7, 11) is 0. The quantitative estimate of drug-likeness (QED) is 0.749. The number of hydrogen-bond donors (Lipinski definition) is 0. The first kappa shape index (κ1) is 16.6. The molecule has 3 rings (SSSR count). The Balaban J connectivity index is 1.70. The molecule has 24 heavy (non-hydrogen) atoms. The average molecular weight is 392 g/mol. The number of carbonyl (C=O) groups is 2. The third-order valence-corrected chi connectivity index (χ3v) is 4.44. The first-order valence-electron chi connectivity index (χ1n) is 7.49. The predicted molar refractivity (Wildman–Crippen MR) is 91.5 cm³/mol. The summed E-state index contributed by atoms with van der Waals surface area (Å²) in [4.78, 5) is 26.1. The molecular formula is C18H15BrFNO3. The van der Waals surface area contributed by atoms with Crippen molar-refractivity contribution in [1.29, 1.82) is 0 Å². The van der Waals surface area contributed by atoms with E-state index in [-0.39, 0.29) is 17.5 Å². The number of hydrogen-bond acceptors (Lipinski definition) is 3. The number of benzene rings is 2. The molecule has 0 bridgehead atoms. The molecule has 0 unspecified atom stereocenters. The number of halogens is 2. The van der Waals surface area contributed by atoms with E-state index < -0.39 is 18.4 Å². The van der Waals surface area contributed by atoms with Gasteiger partial charge in [0, 0.05) is 16.2 Å². The standard InChI is InChI=1S/C18H15BrFNO3/c1-11-8-12-4-2-3-5-16(12)21(11)17(22)10-24-18(23)14-9-13(19)6-7-15(14)20/h2-7,9,11H,8,10H2,1H3/t11-/m1/s1. The second-order valence-corrected chi connectivity index (χ2v) is 6.56. The minimum Gasteiger partial charge on any atom is -0.452 e. The van der Waals surface area contributed by atoms with Crippen molar-refractivity contribution >= 4 is 33.5 Å². The van der Waals surface area contributed by atoms with Crippen molar-refractivity contribution in [3.63, 3.8) is 0 Å². The summed E-state index contributed by atoms with van der Waals surface area (Å²) in [5.41, 5.74) is 1.72. The summed E-state index contributed by atoms with van der Waals surface area (Å²) in [6, 6.07) is 11.6. The van der Waals surface area contributed by atoms with Crippen LogP contribution in [-0.4, -0.2) is 24.5 Å². The molecule has 0 fully saturated rings. The summed E-state index contributed by atoms with van der Waals surface area (Å²) in [6.07, 6.45) is 0.760. The van der Waals surface area contributed by atoms with Crippen molar-refractivity contribution in [2.45, 2.75) is 19.4 Å². The SMILES string of the molecule is C[C@@H]1Cc2ccccc2N1C(=O)COC(=O)c1cc(Br)ccc1F. The minimum atomic E-state index is -0.859. The fraction of sp³-hybridized carbons (Fsp3) is 0.222. The molecule has 1 aliphatic heterocycles. The van der Waals surface area contributed by atoms with E-state index >= 15 is 0 Å². The third-order valence-electron chi connectivity index (χ3n) is 3.95. The van der Waals surface area contributed by atoms with Gasteiger partial charge in [-0.05, 0) is 43.2 Å². The van der Waals surface area contributed by atoms with Gasteiger partial charge in [-0.3, -0.25) is 4.79 Å². The smallest absolute Gasteiger partial charge is 0.341 e. The third kappa shape index (κ3) is 3.19. The van der Waals surface area contributed by atoms with E-state index in [1.807, 2.05) is 31.2 Å². The average Bonchev–Trinajstić information content (AvgIpc) is 2.90. The van der Waals surface area contributed by atoms with Crippen molar-refractivity contribution in [2.75, 3.05) is 11.5 Å². The number of para-hydroxylation sites is 1. The molecule has 0 aliphatic carbocycles. The lowest BCUT2D eigenvalue weighted by atomic mass is 10.1. The van der Waals surface area contributed by atoms with Gasteiger partial charge in [-0.15, -0.1) is 0 Å². The fourth-order valence-corrected chi connectivity index (χ4v) is 3.24. The predicted octanol–water partition coefficient (Wildman–Crippen LogP) is 3.72. The molecule has 0 aromatic heterocycles. The molecule has 2 aromatic carbocycles. The van der Waals surface area contributed by atoms with Gasteiger partial charge in [0.1, 0.15) is 5.82 Å². The van der Waals surface area contributed by atoms with Crippen LogP contribution in [0.25, 0.3) is 0 Å². The maximum atomic E-state index is 13.7. The lowest BCUT2D eigenvalue weighted by Crippen LogP contribution is -2.38. The van der Waals surface area contributed by atoms with Crippen LogP contribution in [0, 0.1) is 5.82 Å². The molecule has 124 valence electrons. The topological polar surface area (TPSA) is 46.6 Å². The van der Waals surface area contributed by atoms with Gasteiger partial charge < -0.3 is 9.64 Å². The molecule has 0 N–H and O–H groups in total. The highest BCUT2D eigenvalue weighted by Gasteiger charge is 2.31. The number of nitrogens with zero attached hydrogens (tertiary/aromatic N) is 1. The van der Waals surface area contributed by atoms with Gasteiger partial charge in [0.05, 0.1) is 5.56 Å². The molecule has 0 spiro atoms. The molecule has 0 saturated carbocycles. The zero-order valence-electron chi connectivity index (χ0n) is 13.0. The number of fused-ring (bicyclic) bond motifs is 1. The van der Waals surface area contributed by atoms with E-state index in [0.29, 0.717) is 4.47 Å². The monoisotopic (exact) mass is 391 g/mol. The molecule has 1 aliphatic rings. The van der Waals surface area contributed by atoms with Gasteiger partial charge in [0.2, 0.25) is 0 Å². The van der Waals surface area contributed by atoms with Crippen molar-refractivity contribution in [1.82, 2.24) is 0 Å². The number of rotatable bonds is 3. The van der Waals surface area contributed by atoms with Crippen molar-refractivity contribution in [3.8, 4) is 0 Å². The van der Waals surface area contributed by atoms with Gasteiger partial charge in [0.25, 0.3) is 5.91 Å². The second-order valence-electron chi connectivity index (χ2n) is 5.65. The molecule has 2 aromatic rings. The van der Waals surface area contributed by atoms with Crippen LogP contribution in [0.4, 0.5) is 10.1 Å². The number of carbonyl (C=O) groups excluding carboxylic acids is 2. The zero-order chi connectivity index (χ0) is 17.3. The number of anilines is 1. The van der Waals surface area contributed by atoms with E-state index in [9.17, 15) is 14.0 Å². The van der Waals surface area contributed by atoms with Crippen molar-refractivity contribution in [3.05, 3.63) is 63.9 Å². The Kier molecular flexibility index (Phi) is 4.66. The van der Waals surface area contributed by atoms with Crippen LogP contribution in [-0.2, 0) is 16.0 Å². The minimum absolute atomic E-state index is 0.00351. The lowest BCUT2D eigenvalue weighted by molar-refractivity contribution is -0.122. The van der Waals surface area contributed by atoms with Gasteiger partial charge in [0.15, 0.2) is 6.61 Å². The van der Waals surface area contributed by atoms with Crippen LogP contribution >= 0.6 is 15.9 Å². The number of esters is 1. The fourth-order valence-electron chi connectivity index (χ4n) is 2.87. The Morgan fingerprint density at radius 1 is 1.29 bits per heavy atom. The van der Waals surface area contributed by atoms with Crippen molar-refractivity contribution in [2.24, 2.45) is 0 Å². The van der Waals surface area contributed by atoms with Gasteiger partial charge in [-0.25, -0.2) is 9.18 Å². The van der Waals surface area contributed by atoms with Crippen LogP contribution < -0.4 is 4.90 Å². The molecule has 1 amide bonds. The van der Waals surface area contributed by atoms with E-state index in [1.54, 1.807) is 4.90 Å². The highest BCUT2D eigenvalue weighted by Crippen LogP contribution is 2.31. The first-order chi connectivity index (χ1) is 11.5. The highest BCUT2D eigenvalue weighted by molar-refractivity contribution is 9.10. The molecule has 0 radical (unpaired) electrons. The molecule has 1 heterocycles. The summed E-state index contributed by atoms with van der Waals surface area (Å²) in [5.74, 6) is -1.87. The van der Waals surface area contributed by atoms with Crippen LogP contribution in [0.2, 0.25) is 0 Å². The van der Waals surface area contributed by atoms with Crippen LogP contribution in [0.5, 0.6) is 0 Å². The van der Waals surface area contributed by atoms with Crippen LogP contribution in [0.3, 0.4) is 0 Å². The Hall–Kier alpha value is -2.21. The molecular weight excluding hydrogens is 377 g/mol. The van der Waals surface area contributed by atoms with Gasteiger partial charge in [-0.2, -0.15) is 0 Å². The van der Waals surface area contributed by atoms with Crippen molar-refractivity contribution < 1.29 is 18.7 Å². The van der Waals surface area contributed by atoms with E-state index in [2.05, 4.69) is 15.9 Å². The maximum Gasteiger partial charge on any atom is 0.341 e. The Labute approximate surface area is 147 Å². The van der Waals surface area contributed by atoms with E-state index in [4.69, 9.17) is 4.74 Å². The Morgan fingerprint density at radius 3 is 2.83 bits per heavy atom. The summed E-state index contributed by atoms with van der Waals surface area (Å²) < 4.78 is 19.3. The highest BCUT2D eigenvalue weighted by atomic mass is 79.9. The van der Waals surface area contributed by atoms with E-state index in [0.717, 1.165) is 17.7 Å². The maximum absolute atomic E-state index is 13.7. The normalized spacial score (nSPS) is 16.0. The molecule has 0 saturated heterocycles. The number of ether oxygens (including phenoxy) is 1. The summed E-state index contributed by atoms with van der Waals surface area (Å²) in [6.45, 7) is 1.51. The van der Waals surface area contributed by atoms with E-state index in [1.165, 1.54) is 18.2 Å². The first-order valence-corrected chi connectivity index (χ1v) is 8.29. The summed E-state index contributed by atoms with van der Waals surface area (Å²) in [5, 5.41) is 0. The number of amides is 1. The molecule has 1 atom stereocenters. The largest absolute Gasteiger partial charge is 0.452 e. The zero-order valence-corrected chi connectivity index (χ0v) is 14.5. The Bertz CT molecular complexity index is 809. The molecule has 6 heteroatoms. The second kappa shape index (κ2) is 6.73. The van der Waals surface area contributed by atoms with Crippen LogP contribution in [0.1, 0.15) is 22.8 Å². The Morgan fingerprint density at radius 2 is 2.04 bits per heavy atom.